The van der Waals surface area contributed by atoms with Gasteiger partial charge in [-0.15, -0.1) is 0 Å². The monoisotopic (exact) mass is 639 g/mol. The molecule has 0 saturated carbocycles. The molecule has 1 N–H and O–H groups in total. The highest BCUT2D eigenvalue weighted by Gasteiger charge is 2.33. The molecule has 0 heterocycles. The summed E-state index contributed by atoms with van der Waals surface area (Å²) in [5.74, 6) is -0.959. The molecule has 3 aromatic carbocycles. The van der Waals surface area contributed by atoms with Crippen LogP contribution >= 0.6 is 39.1 Å². The van der Waals surface area contributed by atoms with Crippen LogP contribution in [0, 0.1) is 0 Å². The number of nitrogens with one attached hydrogen (secondary N) is 1. The predicted molar refractivity (Wildman–Crippen MR) is 156 cm³/mol. The van der Waals surface area contributed by atoms with E-state index in [0.29, 0.717) is 32.3 Å². The van der Waals surface area contributed by atoms with E-state index in [1.165, 1.54) is 4.90 Å². The molecule has 0 aliphatic rings. The number of rotatable bonds is 11. The zero-order valence-corrected chi connectivity index (χ0v) is 24.8. The Labute approximate surface area is 241 Å². The van der Waals surface area contributed by atoms with Crippen LogP contribution in [0.3, 0.4) is 0 Å². The van der Waals surface area contributed by atoms with Crippen LogP contribution in [-0.2, 0) is 32.6 Å². The van der Waals surface area contributed by atoms with Crippen molar-refractivity contribution in [3.63, 3.8) is 0 Å². The van der Waals surface area contributed by atoms with Crippen LogP contribution < -0.4 is 9.62 Å². The molecule has 0 aliphatic heterocycles. The third-order valence-electron chi connectivity index (χ3n) is 5.79. The number of halogens is 3. The van der Waals surface area contributed by atoms with E-state index in [4.69, 9.17) is 23.2 Å². The van der Waals surface area contributed by atoms with Crippen molar-refractivity contribution in [2.75, 3.05) is 23.7 Å². The Morgan fingerprint density at radius 2 is 1.61 bits per heavy atom. The van der Waals surface area contributed by atoms with Crippen LogP contribution in [0.25, 0.3) is 0 Å². The SMILES string of the molecule is CCNC(=O)C(Cc1ccccc1)N(Cc1c(Cl)cccc1Cl)C(=O)CN(c1cccc(Br)c1)S(C)(=O)=O. The summed E-state index contributed by atoms with van der Waals surface area (Å²) in [5.41, 5.74) is 1.60. The van der Waals surface area contributed by atoms with E-state index in [9.17, 15) is 18.0 Å². The van der Waals surface area contributed by atoms with Gasteiger partial charge in [-0.25, -0.2) is 8.42 Å². The number of carbonyl (C=O) groups excluding carboxylic acids is 2. The summed E-state index contributed by atoms with van der Waals surface area (Å²) in [6.45, 7) is 1.52. The Bertz CT molecular complexity index is 1370. The van der Waals surface area contributed by atoms with Crippen molar-refractivity contribution in [3.8, 4) is 0 Å². The third kappa shape index (κ3) is 7.96. The number of nitrogens with zero attached hydrogens (tertiary/aromatic N) is 2. The Morgan fingerprint density at radius 3 is 2.18 bits per heavy atom. The molecule has 0 saturated heterocycles. The molecule has 0 spiro atoms. The number of likely N-dealkylation sites (N-methyl/N-ethyl adjacent to an activating group) is 1. The Hall–Kier alpha value is -2.59. The minimum absolute atomic E-state index is 0.0952. The van der Waals surface area contributed by atoms with Crippen molar-refractivity contribution in [2.24, 2.45) is 0 Å². The second-order valence-corrected chi connectivity index (χ2v) is 12.2. The van der Waals surface area contributed by atoms with Gasteiger partial charge >= 0.3 is 0 Å². The Balaban J connectivity index is 2.09. The fourth-order valence-corrected chi connectivity index (χ4v) is 5.69. The fourth-order valence-electron chi connectivity index (χ4n) is 3.94. The molecular weight excluding hydrogens is 613 g/mol. The van der Waals surface area contributed by atoms with Crippen molar-refractivity contribution in [3.05, 3.63) is 98.4 Å². The highest BCUT2D eigenvalue weighted by molar-refractivity contribution is 9.10. The van der Waals surface area contributed by atoms with E-state index >= 15 is 0 Å². The second kappa shape index (κ2) is 13.5. The summed E-state index contributed by atoms with van der Waals surface area (Å²) >= 11 is 16.2. The molecule has 3 aromatic rings. The number of anilines is 1. The van der Waals surface area contributed by atoms with Crippen molar-refractivity contribution in [2.45, 2.75) is 25.9 Å². The number of hydrogen-bond donors (Lipinski definition) is 1. The molecule has 0 aliphatic carbocycles. The van der Waals surface area contributed by atoms with Crippen LogP contribution in [0.5, 0.6) is 0 Å². The van der Waals surface area contributed by atoms with E-state index in [1.807, 2.05) is 30.3 Å². The summed E-state index contributed by atoms with van der Waals surface area (Å²) in [7, 11) is -3.86. The maximum atomic E-state index is 14.0. The quantitative estimate of drug-likeness (QED) is 0.308. The fraction of sp³-hybridized carbons (Fsp3) is 0.259. The molecule has 0 aromatic heterocycles. The summed E-state index contributed by atoms with van der Waals surface area (Å²) in [6, 6.07) is 19.9. The molecule has 1 atom stereocenters. The van der Waals surface area contributed by atoms with Crippen LogP contribution in [-0.4, -0.2) is 50.5 Å². The van der Waals surface area contributed by atoms with Gasteiger partial charge in [0.1, 0.15) is 12.6 Å². The molecule has 3 rings (SSSR count). The van der Waals surface area contributed by atoms with Gasteiger partial charge in [-0.1, -0.05) is 81.6 Å². The van der Waals surface area contributed by atoms with Gasteiger partial charge in [0.15, 0.2) is 0 Å². The van der Waals surface area contributed by atoms with Gasteiger partial charge in [0, 0.05) is 39.6 Å². The number of hydrogen-bond acceptors (Lipinski definition) is 4. The van der Waals surface area contributed by atoms with Crippen LogP contribution in [0.15, 0.2) is 77.3 Å². The largest absolute Gasteiger partial charge is 0.355 e. The number of sulfonamides is 1. The zero-order chi connectivity index (χ0) is 27.9. The highest BCUT2D eigenvalue weighted by atomic mass is 79.9. The van der Waals surface area contributed by atoms with Crippen molar-refractivity contribution in [1.82, 2.24) is 10.2 Å². The lowest BCUT2D eigenvalue weighted by molar-refractivity contribution is -0.140. The standard InChI is InChI=1S/C27H28BrCl2N3O4S/c1-3-31-27(35)25(15-19-9-5-4-6-10-19)32(17-22-23(29)13-8-14-24(22)30)26(34)18-33(38(2,36)37)21-12-7-11-20(28)16-21/h4-14,16,25H,3,15,17-18H2,1-2H3,(H,31,35). The first-order valence-corrected chi connectivity index (χ1v) is 15.2. The maximum absolute atomic E-state index is 14.0. The zero-order valence-electron chi connectivity index (χ0n) is 20.9. The van der Waals surface area contributed by atoms with Gasteiger partial charge in [0.2, 0.25) is 21.8 Å². The molecule has 2 amide bonds. The Kier molecular flexibility index (Phi) is 10.6. The normalized spacial score (nSPS) is 12.0. The van der Waals surface area contributed by atoms with Crippen molar-refractivity contribution >= 4 is 66.7 Å². The van der Waals surface area contributed by atoms with Gasteiger partial charge in [-0.3, -0.25) is 13.9 Å². The summed E-state index contributed by atoms with van der Waals surface area (Å²) in [4.78, 5) is 28.7. The molecule has 7 nitrogen and oxygen atoms in total. The molecule has 0 bridgehead atoms. The summed E-state index contributed by atoms with van der Waals surface area (Å²) < 4.78 is 27.2. The predicted octanol–water partition coefficient (Wildman–Crippen LogP) is 5.30. The van der Waals surface area contributed by atoms with Crippen molar-refractivity contribution in [1.29, 1.82) is 0 Å². The molecule has 1 unspecified atom stereocenters. The van der Waals surface area contributed by atoms with Crippen LogP contribution in [0.4, 0.5) is 5.69 Å². The lowest BCUT2D eigenvalue weighted by atomic mass is 10.0. The summed E-state index contributed by atoms with van der Waals surface area (Å²) in [6.07, 6.45) is 1.23. The Morgan fingerprint density at radius 1 is 0.974 bits per heavy atom. The molecule has 38 heavy (non-hydrogen) atoms. The van der Waals surface area contributed by atoms with Gasteiger partial charge < -0.3 is 10.2 Å². The molecule has 202 valence electrons. The van der Waals surface area contributed by atoms with Crippen molar-refractivity contribution < 1.29 is 18.0 Å². The highest BCUT2D eigenvalue weighted by Crippen LogP contribution is 2.28. The minimum atomic E-state index is -3.86. The molecule has 0 fully saturated rings. The molecular formula is C27H28BrCl2N3O4S. The first-order valence-electron chi connectivity index (χ1n) is 11.8. The number of amides is 2. The smallest absolute Gasteiger partial charge is 0.244 e. The third-order valence-corrected chi connectivity index (χ3v) is 8.13. The number of carbonyl (C=O) groups is 2. The van der Waals surface area contributed by atoms with Crippen LogP contribution in [0.1, 0.15) is 18.1 Å². The van der Waals surface area contributed by atoms with Crippen LogP contribution in [0.2, 0.25) is 10.0 Å². The van der Waals surface area contributed by atoms with Gasteiger partial charge in [-0.2, -0.15) is 0 Å². The van der Waals surface area contributed by atoms with E-state index in [2.05, 4.69) is 21.2 Å². The van der Waals surface area contributed by atoms with Gasteiger partial charge in [0.25, 0.3) is 0 Å². The average Bonchev–Trinajstić information content (AvgIpc) is 2.86. The van der Waals surface area contributed by atoms with E-state index in [-0.39, 0.29) is 18.9 Å². The lowest BCUT2D eigenvalue weighted by Crippen LogP contribution is -2.53. The topological polar surface area (TPSA) is 86.8 Å². The molecule has 11 heteroatoms. The first kappa shape index (κ1) is 30.0. The van der Waals surface area contributed by atoms with E-state index in [1.54, 1.807) is 49.4 Å². The maximum Gasteiger partial charge on any atom is 0.244 e. The minimum Gasteiger partial charge on any atom is -0.355 e. The van der Waals surface area contributed by atoms with Gasteiger partial charge in [0.05, 0.1) is 11.9 Å². The first-order chi connectivity index (χ1) is 18.0. The lowest BCUT2D eigenvalue weighted by Gasteiger charge is -2.33. The second-order valence-electron chi connectivity index (χ2n) is 8.57. The molecule has 0 radical (unpaired) electrons. The van der Waals surface area contributed by atoms with E-state index < -0.39 is 28.5 Å². The average molecular weight is 641 g/mol. The van der Waals surface area contributed by atoms with E-state index in [0.717, 1.165) is 16.1 Å². The summed E-state index contributed by atoms with van der Waals surface area (Å²) in [5, 5.41) is 3.46. The number of benzene rings is 3. The van der Waals surface area contributed by atoms with Gasteiger partial charge in [-0.05, 0) is 42.8 Å².